The molecule has 1 saturated heterocycles. The number of halogens is 1. The Morgan fingerprint density at radius 1 is 1.16 bits per heavy atom. The van der Waals surface area contributed by atoms with Gasteiger partial charge in [-0.1, -0.05) is 43.3 Å². The summed E-state index contributed by atoms with van der Waals surface area (Å²) in [4.78, 5) is 13.5. The van der Waals surface area contributed by atoms with Gasteiger partial charge in [-0.25, -0.2) is 0 Å². The maximum Gasteiger partial charge on any atom is 0.316 e. The third-order valence-electron chi connectivity index (χ3n) is 6.43. The van der Waals surface area contributed by atoms with Gasteiger partial charge in [0, 0.05) is 38.3 Å². The largest absolute Gasteiger partial charge is 0.457 e. The molecule has 2 aromatic carbocycles. The Hall–Kier alpha value is -2.08. The number of benzene rings is 2. The van der Waals surface area contributed by atoms with Gasteiger partial charge < -0.3 is 19.5 Å². The molecule has 0 spiro atoms. The van der Waals surface area contributed by atoms with Crippen LogP contribution >= 0.6 is 11.6 Å². The first kappa shape index (κ1) is 24.6. The molecule has 2 atom stereocenters. The van der Waals surface area contributed by atoms with Crippen LogP contribution in [0.25, 0.3) is 0 Å². The average molecular weight is 460 g/mol. The number of nitrogens with zero attached hydrogens (tertiary/aromatic N) is 1. The van der Waals surface area contributed by atoms with Gasteiger partial charge in [-0.05, 0) is 67.8 Å². The van der Waals surface area contributed by atoms with Crippen LogP contribution in [0.5, 0.6) is 11.5 Å². The van der Waals surface area contributed by atoms with Gasteiger partial charge in [0.25, 0.3) is 0 Å². The molecule has 174 valence electrons. The average Bonchev–Trinajstić information content (AvgIpc) is 2.82. The van der Waals surface area contributed by atoms with E-state index in [-0.39, 0.29) is 5.92 Å². The number of aryl methyl sites for hydroxylation is 1. The van der Waals surface area contributed by atoms with Crippen molar-refractivity contribution in [3.05, 3.63) is 59.7 Å². The standard InChI is InChI=1S/C26H34ClNO4/c1-3-20-11-4-6-14-23(20)32-24-15-7-5-13-22(24)26(30,16-8-9-18-31-2)21-12-10-17-28(19-21)25(27)29/h4-7,11,13-15,21,30H,3,8-10,12,16-19H2,1-2H3/t21?,26-/m0/s1. The second-order valence-corrected chi connectivity index (χ2v) is 8.80. The summed E-state index contributed by atoms with van der Waals surface area (Å²) >= 11 is 5.80. The van der Waals surface area contributed by atoms with E-state index in [1.165, 1.54) is 0 Å². The van der Waals surface area contributed by atoms with Crippen LogP contribution in [0, 0.1) is 5.92 Å². The number of carbonyl (C=O) groups excluding carboxylic acids is 1. The molecule has 2 aromatic rings. The van der Waals surface area contributed by atoms with Gasteiger partial charge in [0.1, 0.15) is 11.5 Å². The molecule has 5 nitrogen and oxygen atoms in total. The van der Waals surface area contributed by atoms with Gasteiger partial charge in [-0.2, -0.15) is 0 Å². The van der Waals surface area contributed by atoms with Crippen molar-refractivity contribution in [2.45, 2.75) is 51.0 Å². The van der Waals surface area contributed by atoms with Crippen LogP contribution in [0.2, 0.25) is 0 Å². The Morgan fingerprint density at radius 3 is 2.59 bits per heavy atom. The number of rotatable bonds is 10. The number of hydrogen-bond acceptors (Lipinski definition) is 4. The number of ether oxygens (including phenoxy) is 2. The van der Waals surface area contributed by atoms with Crippen molar-refractivity contribution in [2.24, 2.45) is 5.92 Å². The predicted octanol–water partition coefficient (Wildman–Crippen LogP) is 6.12. The summed E-state index contributed by atoms with van der Waals surface area (Å²) in [6.45, 7) is 3.80. The SMILES string of the molecule is CCc1ccccc1Oc1ccccc1[C@](O)(CCCCOC)C1CCCN(C(=O)Cl)C1. The highest BCUT2D eigenvalue weighted by Crippen LogP contribution is 2.44. The van der Waals surface area contributed by atoms with E-state index in [4.69, 9.17) is 21.1 Å². The highest BCUT2D eigenvalue weighted by atomic mass is 35.5. The molecule has 0 aliphatic carbocycles. The minimum atomic E-state index is -1.14. The lowest BCUT2D eigenvalue weighted by atomic mass is 9.74. The Labute approximate surface area is 196 Å². The topological polar surface area (TPSA) is 59.0 Å². The fraction of sp³-hybridized carbons (Fsp3) is 0.500. The van der Waals surface area contributed by atoms with Crippen LogP contribution in [0.3, 0.4) is 0 Å². The number of unbranched alkanes of at least 4 members (excludes halogenated alkanes) is 1. The zero-order chi connectivity index (χ0) is 23.0. The molecular weight excluding hydrogens is 426 g/mol. The molecule has 1 heterocycles. The van der Waals surface area contributed by atoms with E-state index in [2.05, 4.69) is 13.0 Å². The Balaban J connectivity index is 1.96. The summed E-state index contributed by atoms with van der Waals surface area (Å²) in [6.07, 6.45) is 4.70. The first-order valence-electron chi connectivity index (χ1n) is 11.5. The van der Waals surface area contributed by atoms with E-state index in [1.54, 1.807) is 12.0 Å². The minimum absolute atomic E-state index is 0.132. The number of amides is 1. The molecule has 1 amide bonds. The minimum Gasteiger partial charge on any atom is -0.457 e. The lowest BCUT2D eigenvalue weighted by Gasteiger charge is -2.42. The Bertz CT molecular complexity index is 890. The Kier molecular flexibility index (Phi) is 8.97. The van der Waals surface area contributed by atoms with E-state index in [0.29, 0.717) is 31.9 Å². The molecule has 1 unspecified atom stereocenters. The van der Waals surface area contributed by atoms with Crippen LogP contribution in [-0.2, 0) is 16.8 Å². The number of carbonyl (C=O) groups is 1. The summed E-state index contributed by atoms with van der Waals surface area (Å²) < 4.78 is 11.6. The number of likely N-dealkylation sites (tertiary alicyclic amines) is 1. The number of aliphatic hydroxyl groups is 1. The normalized spacial score (nSPS) is 18.2. The molecule has 0 aromatic heterocycles. The number of para-hydroxylation sites is 2. The third-order valence-corrected chi connectivity index (χ3v) is 6.67. The molecule has 32 heavy (non-hydrogen) atoms. The molecule has 1 aliphatic heterocycles. The first-order valence-corrected chi connectivity index (χ1v) is 11.9. The zero-order valence-electron chi connectivity index (χ0n) is 19.1. The number of piperidine rings is 1. The molecule has 0 radical (unpaired) electrons. The van der Waals surface area contributed by atoms with Crippen molar-refractivity contribution in [3.63, 3.8) is 0 Å². The third kappa shape index (κ3) is 5.83. The van der Waals surface area contributed by atoms with Crippen LogP contribution in [-0.4, -0.2) is 42.2 Å². The maximum absolute atomic E-state index is 12.2. The second-order valence-electron chi connectivity index (χ2n) is 8.47. The van der Waals surface area contributed by atoms with E-state index in [0.717, 1.165) is 49.0 Å². The molecule has 1 aliphatic rings. The van der Waals surface area contributed by atoms with E-state index < -0.39 is 11.0 Å². The maximum atomic E-state index is 12.2. The van der Waals surface area contributed by atoms with Crippen molar-refractivity contribution in [3.8, 4) is 11.5 Å². The zero-order valence-corrected chi connectivity index (χ0v) is 19.8. The predicted molar refractivity (Wildman–Crippen MR) is 128 cm³/mol. The number of hydrogen-bond donors (Lipinski definition) is 1. The highest BCUT2D eigenvalue weighted by molar-refractivity contribution is 6.62. The quantitative estimate of drug-likeness (QED) is 0.264. The van der Waals surface area contributed by atoms with Crippen molar-refractivity contribution < 1.29 is 19.4 Å². The van der Waals surface area contributed by atoms with Crippen molar-refractivity contribution >= 4 is 17.0 Å². The van der Waals surface area contributed by atoms with Crippen molar-refractivity contribution in [1.82, 2.24) is 4.90 Å². The van der Waals surface area contributed by atoms with Gasteiger partial charge in [-0.3, -0.25) is 4.79 Å². The second kappa shape index (κ2) is 11.7. The smallest absolute Gasteiger partial charge is 0.316 e. The lowest BCUT2D eigenvalue weighted by Crippen LogP contribution is -2.47. The highest BCUT2D eigenvalue weighted by Gasteiger charge is 2.42. The van der Waals surface area contributed by atoms with Crippen molar-refractivity contribution in [2.75, 3.05) is 26.8 Å². The van der Waals surface area contributed by atoms with Crippen LogP contribution in [0.15, 0.2) is 48.5 Å². The molecule has 1 fully saturated rings. The first-order chi connectivity index (χ1) is 15.5. The monoisotopic (exact) mass is 459 g/mol. The molecular formula is C26H34ClNO4. The molecule has 6 heteroatoms. The van der Waals surface area contributed by atoms with Crippen LogP contribution in [0.1, 0.15) is 50.2 Å². The summed E-state index contributed by atoms with van der Waals surface area (Å²) in [7, 11) is 1.69. The molecule has 3 rings (SSSR count). The van der Waals surface area contributed by atoms with Gasteiger partial charge in [0.05, 0.1) is 5.60 Å². The fourth-order valence-electron chi connectivity index (χ4n) is 4.65. The molecule has 0 saturated carbocycles. The van der Waals surface area contributed by atoms with Gasteiger partial charge >= 0.3 is 5.37 Å². The van der Waals surface area contributed by atoms with Crippen LogP contribution in [0.4, 0.5) is 4.79 Å². The fourth-order valence-corrected chi connectivity index (χ4v) is 4.81. The summed E-state index contributed by atoms with van der Waals surface area (Å²) in [5, 5.41) is 11.7. The Morgan fingerprint density at radius 2 is 1.88 bits per heavy atom. The van der Waals surface area contributed by atoms with Crippen molar-refractivity contribution in [1.29, 1.82) is 0 Å². The molecule has 0 bridgehead atoms. The molecule has 1 N–H and O–H groups in total. The van der Waals surface area contributed by atoms with Gasteiger partial charge in [0.2, 0.25) is 0 Å². The summed E-state index contributed by atoms with van der Waals surface area (Å²) in [6, 6.07) is 15.7. The van der Waals surface area contributed by atoms with Crippen LogP contribution < -0.4 is 4.74 Å². The van der Waals surface area contributed by atoms with Gasteiger partial charge in [-0.15, -0.1) is 0 Å². The van der Waals surface area contributed by atoms with E-state index >= 15 is 0 Å². The van der Waals surface area contributed by atoms with E-state index in [1.807, 2.05) is 42.5 Å². The summed E-state index contributed by atoms with van der Waals surface area (Å²) in [5.41, 5.74) is 0.732. The van der Waals surface area contributed by atoms with E-state index in [9.17, 15) is 9.90 Å². The lowest BCUT2D eigenvalue weighted by molar-refractivity contribution is -0.0564. The number of methoxy groups -OCH3 is 1. The summed E-state index contributed by atoms with van der Waals surface area (Å²) in [5.74, 6) is 1.31. The van der Waals surface area contributed by atoms with Gasteiger partial charge in [0.15, 0.2) is 0 Å².